The summed E-state index contributed by atoms with van der Waals surface area (Å²) in [7, 11) is -1.68. The molecule has 0 amide bonds. The summed E-state index contributed by atoms with van der Waals surface area (Å²) in [5.74, 6) is 0. The van der Waals surface area contributed by atoms with E-state index < -0.39 is 10.0 Å². The van der Waals surface area contributed by atoms with Gasteiger partial charge in [0.25, 0.3) is 0 Å². The molecule has 0 aliphatic heterocycles. The van der Waals surface area contributed by atoms with Crippen molar-refractivity contribution in [1.29, 1.82) is 0 Å². The summed E-state index contributed by atoms with van der Waals surface area (Å²) in [4.78, 5) is 1.15. The Bertz CT molecular complexity index is 502. The molecule has 0 atom stereocenters. The van der Waals surface area contributed by atoms with Crippen LogP contribution in [0.3, 0.4) is 0 Å². The quantitative estimate of drug-likeness (QED) is 0.869. The van der Waals surface area contributed by atoms with Gasteiger partial charge in [-0.25, -0.2) is 8.42 Å². The van der Waals surface area contributed by atoms with Gasteiger partial charge in [0.05, 0.1) is 4.90 Å². The van der Waals surface area contributed by atoms with Crippen LogP contribution in [-0.4, -0.2) is 25.8 Å². The fraction of sp³-hybridized carbons (Fsp3) is 0.692. The number of thiophene rings is 1. The van der Waals surface area contributed by atoms with Crippen LogP contribution in [0.4, 0.5) is 0 Å². The Hall–Kier alpha value is -0.430. The Morgan fingerprint density at radius 1 is 1.32 bits per heavy atom. The molecular weight excluding hydrogens is 280 g/mol. The van der Waals surface area contributed by atoms with E-state index in [-0.39, 0.29) is 12.6 Å². The molecule has 0 bridgehead atoms. The highest BCUT2D eigenvalue weighted by Crippen LogP contribution is 2.29. The molecular formula is C13H22N2O2S2. The fourth-order valence-corrected chi connectivity index (χ4v) is 5.40. The maximum Gasteiger partial charge on any atom is 0.244 e. The van der Waals surface area contributed by atoms with Crippen LogP contribution in [0.15, 0.2) is 16.3 Å². The Kier molecular flexibility index (Phi) is 5.00. The summed E-state index contributed by atoms with van der Waals surface area (Å²) < 4.78 is 26.9. The zero-order chi connectivity index (χ0) is 13.9. The van der Waals surface area contributed by atoms with E-state index in [1.807, 2.05) is 0 Å². The van der Waals surface area contributed by atoms with Gasteiger partial charge in [-0.3, -0.25) is 0 Å². The number of sulfonamides is 1. The van der Waals surface area contributed by atoms with Gasteiger partial charge >= 0.3 is 0 Å². The fourth-order valence-electron chi connectivity index (χ4n) is 2.68. The van der Waals surface area contributed by atoms with Crippen molar-refractivity contribution in [1.82, 2.24) is 4.31 Å². The van der Waals surface area contributed by atoms with Gasteiger partial charge in [0.1, 0.15) is 0 Å². The normalized spacial score (nSPS) is 18.7. The molecule has 19 heavy (non-hydrogen) atoms. The Morgan fingerprint density at radius 2 is 1.95 bits per heavy atom. The van der Waals surface area contributed by atoms with Crippen LogP contribution in [0.25, 0.3) is 0 Å². The summed E-state index contributed by atoms with van der Waals surface area (Å²) in [6, 6.07) is 1.81. The molecule has 108 valence electrons. The van der Waals surface area contributed by atoms with Gasteiger partial charge in [-0.1, -0.05) is 25.7 Å². The van der Waals surface area contributed by atoms with Gasteiger partial charge in [0.15, 0.2) is 0 Å². The van der Waals surface area contributed by atoms with Crippen LogP contribution in [-0.2, 0) is 16.6 Å². The molecule has 0 spiro atoms. The van der Waals surface area contributed by atoms with E-state index in [1.54, 1.807) is 22.8 Å². The molecule has 1 aromatic heterocycles. The predicted molar refractivity (Wildman–Crippen MR) is 78.6 cm³/mol. The number of nitrogens with two attached hydrogens (primary N) is 1. The zero-order valence-corrected chi connectivity index (χ0v) is 13.0. The molecule has 4 nitrogen and oxygen atoms in total. The summed E-state index contributed by atoms with van der Waals surface area (Å²) >= 11 is 1.41. The van der Waals surface area contributed by atoms with Crippen molar-refractivity contribution in [2.24, 2.45) is 5.73 Å². The lowest BCUT2D eigenvalue weighted by molar-refractivity contribution is 0.335. The number of rotatable bonds is 4. The lowest BCUT2D eigenvalue weighted by Gasteiger charge is -2.26. The summed E-state index contributed by atoms with van der Waals surface area (Å²) in [5.41, 5.74) is 5.62. The second-order valence-corrected chi connectivity index (χ2v) is 8.05. The SMILES string of the molecule is CN(C1CCCCCC1)S(=O)(=O)c1ccsc1CN. The van der Waals surface area contributed by atoms with E-state index in [2.05, 4.69) is 0 Å². The standard InChI is InChI=1S/C13H22N2O2S2/c1-15(11-6-4-2-3-5-7-11)19(16,17)13-8-9-18-12(13)10-14/h8-9,11H,2-7,10,14H2,1H3. The molecule has 2 rings (SSSR count). The highest BCUT2D eigenvalue weighted by Gasteiger charge is 2.30. The first-order chi connectivity index (χ1) is 9.07. The smallest absolute Gasteiger partial charge is 0.244 e. The maximum atomic E-state index is 12.7. The van der Waals surface area contributed by atoms with E-state index >= 15 is 0 Å². The average molecular weight is 302 g/mol. The average Bonchev–Trinajstić information content (AvgIpc) is 2.73. The van der Waals surface area contributed by atoms with Crippen LogP contribution >= 0.6 is 11.3 Å². The minimum atomic E-state index is -3.39. The predicted octanol–water partition coefficient (Wildman–Crippen LogP) is 2.55. The van der Waals surface area contributed by atoms with E-state index in [4.69, 9.17) is 5.73 Å². The van der Waals surface area contributed by atoms with Crippen LogP contribution < -0.4 is 5.73 Å². The number of hydrogen-bond acceptors (Lipinski definition) is 4. The molecule has 0 aromatic carbocycles. The minimum Gasteiger partial charge on any atom is -0.326 e. The van der Waals surface area contributed by atoms with Crippen molar-refractivity contribution in [2.45, 2.75) is 56.0 Å². The number of nitrogens with zero attached hydrogens (tertiary/aromatic N) is 1. The lowest BCUT2D eigenvalue weighted by Crippen LogP contribution is -2.37. The van der Waals surface area contributed by atoms with Crippen molar-refractivity contribution in [2.75, 3.05) is 7.05 Å². The highest BCUT2D eigenvalue weighted by molar-refractivity contribution is 7.89. The van der Waals surface area contributed by atoms with E-state index in [1.165, 1.54) is 24.2 Å². The molecule has 1 aliphatic carbocycles. The second-order valence-electron chi connectivity index (χ2n) is 5.08. The first-order valence-corrected chi connectivity index (χ1v) is 9.14. The third-order valence-corrected chi connectivity index (χ3v) is 6.95. The monoisotopic (exact) mass is 302 g/mol. The van der Waals surface area contributed by atoms with Gasteiger partial charge in [0.2, 0.25) is 10.0 Å². The van der Waals surface area contributed by atoms with Crippen LogP contribution in [0.2, 0.25) is 0 Å². The molecule has 1 aliphatic rings. The van der Waals surface area contributed by atoms with Crippen molar-refractivity contribution < 1.29 is 8.42 Å². The summed E-state index contributed by atoms with van der Waals surface area (Å²) in [6.07, 6.45) is 6.62. The van der Waals surface area contributed by atoms with Crippen molar-refractivity contribution in [3.05, 3.63) is 16.3 Å². The molecule has 0 unspecified atom stereocenters. The third-order valence-electron chi connectivity index (χ3n) is 3.89. The van der Waals surface area contributed by atoms with Gasteiger partial charge in [0, 0.05) is 24.5 Å². The van der Waals surface area contributed by atoms with Gasteiger partial charge < -0.3 is 5.73 Å². The summed E-state index contributed by atoms with van der Waals surface area (Å²) in [6.45, 7) is 0.282. The second kappa shape index (κ2) is 6.35. The topological polar surface area (TPSA) is 63.4 Å². The van der Waals surface area contributed by atoms with E-state index in [9.17, 15) is 8.42 Å². The Labute approximate surface area is 119 Å². The third kappa shape index (κ3) is 3.18. The summed E-state index contributed by atoms with van der Waals surface area (Å²) in [5, 5.41) is 1.80. The minimum absolute atomic E-state index is 0.137. The zero-order valence-electron chi connectivity index (χ0n) is 11.3. The van der Waals surface area contributed by atoms with Crippen molar-refractivity contribution in [3.63, 3.8) is 0 Å². The van der Waals surface area contributed by atoms with E-state index in [0.717, 1.165) is 30.6 Å². The van der Waals surface area contributed by atoms with Crippen LogP contribution in [0.5, 0.6) is 0 Å². The van der Waals surface area contributed by atoms with Crippen molar-refractivity contribution in [3.8, 4) is 0 Å². The van der Waals surface area contributed by atoms with Crippen molar-refractivity contribution >= 4 is 21.4 Å². The van der Waals surface area contributed by atoms with Gasteiger partial charge in [-0.2, -0.15) is 4.31 Å². The molecule has 0 radical (unpaired) electrons. The number of hydrogen-bond donors (Lipinski definition) is 1. The maximum absolute atomic E-state index is 12.7. The molecule has 1 fully saturated rings. The largest absolute Gasteiger partial charge is 0.326 e. The molecule has 6 heteroatoms. The van der Waals surface area contributed by atoms with Gasteiger partial charge in [-0.15, -0.1) is 11.3 Å². The molecule has 1 heterocycles. The van der Waals surface area contributed by atoms with Crippen LogP contribution in [0, 0.1) is 0 Å². The molecule has 1 saturated carbocycles. The van der Waals surface area contributed by atoms with Crippen LogP contribution in [0.1, 0.15) is 43.4 Å². The highest BCUT2D eigenvalue weighted by atomic mass is 32.2. The Morgan fingerprint density at radius 3 is 2.53 bits per heavy atom. The lowest BCUT2D eigenvalue weighted by atomic mass is 10.1. The Balaban J connectivity index is 2.23. The molecule has 0 saturated heterocycles. The first-order valence-electron chi connectivity index (χ1n) is 6.82. The molecule has 1 aromatic rings. The van der Waals surface area contributed by atoms with E-state index in [0.29, 0.717) is 4.90 Å². The van der Waals surface area contributed by atoms with Gasteiger partial charge in [-0.05, 0) is 24.3 Å². The molecule has 2 N–H and O–H groups in total. The first kappa shape index (κ1) is 15.0.